The van der Waals surface area contributed by atoms with E-state index < -0.39 is 22.0 Å². The van der Waals surface area contributed by atoms with E-state index >= 15 is 0 Å². The average molecular weight is 392 g/mol. The van der Waals surface area contributed by atoms with Gasteiger partial charge in [0.2, 0.25) is 21.8 Å². The van der Waals surface area contributed by atoms with Crippen LogP contribution < -0.4 is 11.1 Å². The van der Waals surface area contributed by atoms with Crippen LogP contribution >= 0.6 is 0 Å². The highest BCUT2D eigenvalue weighted by Gasteiger charge is 2.43. The Hall–Kier alpha value is -2.30. The molecule has 10 heteroatoms. The molecule has 1 aromatic rings. The van der Waals surface area contributed by atoms with Gasteiger partial charge in [-0.25, -0.2) is 8.42 Å². The first-order chi connectivity index (χ1) is 12.8. The summed E-state index contributed by atoms with van der Waals surface area (Å²) in [5.41, 5.74) is 6.27. The minimum absolute atomic E-state index is 0.0318. The van der Waals surface area contributed by atoms with Crippen LogP contribution in [0.2, 0.25) is 0 Å². The van der Waals surface area contributed by atoms with E-state index in [2.05, 4.69) is 5.32 Å². The smallest absolute Gasteiger partial charge is 0.255 e. The van der Waals surface area contributed by atoms with Gasteiger partial charge in [0.25, 0.3) is 5.91 Å². The summed E-state index contributed by atoms with van der Waals surface area (Å²) in [6.45, 7) is 1.20. The zero-order valence-electron chi connectivity index (χ0n) is 14.6. The number of piperidine rings is 1. The molecule has 0 spiro atoms. The standard InChI is InChI=1S/C17H20N4O5S/c18-6-10-7-20(8-10)27(25,26)14-3-1-2-11-12(14)9-21(17(11)24)13-4-5-15(22)19-16(13)23/h1-3,10,13H,4-9,18H2,(H,19,22,23). The molecule has 3 heterocycles. The van der Waals surface area contributed by atoms with Crippen LogP contribution in [0.15, 0.2) is 23.1 Å². The van der Waals surface area contributed by atoms with Crippen LogP contribution in [0.25, 0.3) is 0 Å². The van der Waals surface area contributed by atoms with Crippen LogP contribution in [0.1, 0.15) is 28.8 Å². The molecule has 0 saturated carbocycles. The average Bonchev–Trinajstić information content (AvgIpc) is 2.90. The molecule has 0 aromatic heterocycles. The SMILES string of the molecule is NCC1CN(S(=O)(=O)c2cccc3c2CN(C2CCC(=O)NC2=O)C3=O)C1. The molecule has 4 rings (SSSR count). The number of benzene rings is 1. The minimum atomic E-state index is -3.73. The molecule has 1 atom stereocenters. The molecular formula is C17H20N4O5S. The number of hydrogen-bond donors (Lipinski definition) is 2. The van der Waals surface area contributed by atoms with Gasteiger partial charge >= 0.3 is 0 Å². The minimum Gasteiger partial charge on any atom is -0.330 e. The molecule has 2 fully saturated rings. The number of nitrogens with zero attached hydrogens (tertiary/aromatic N) is 2. The van der Waals surface area contributed by atoms with Crippen molar-refractivity contribution in [3.05, 3.63) is 29.3 Å². The third kappa shape index (κ3) is 2.84. The molecule has 3 N–H and O–H groups in total. The molecular weight excluding hydrogens is 372 g/mol. The summed E-state index contributed by atoms with van der Waals surface area (Å²) in [6.07, 6.45) is 0.382. The van der Waals surface area contributed by atoms with Gasteiger partial charge in [-0.3, -0.25) is 19.7 Å². The maximum atomic E-state index is 13.0. The number of hydrogen-bond acceptors (Lipinski definition) is 6. The van der Waals surface area contributed by atoms with Crippen molar-refractivity contribution in [1.82, 2.24) is 14.5 Å². The number of amides is 3. The second-order valence-corrected chi connectivity index (χ2v) is 9.01. The monoisotopic (exact) mass is 392 g/mol. The summed E-state index contributed by atoms with van der Waals surface area (Å²) in [4.78, 5) is 37.7. The van der Waals surface area contributed by atoms with E-state index in [4.69, 9.17) is 5.73 Å². The lowest BCUT2D eigenvalue weighted by molar-refractivity contribution is -0.136. The Morgan fingerprint density at radius 2 is 1.93 bits per heavy atom. The summed E-state index contributed by atoms with van der Waals surface area (Å²) in [6, 6.07) is 3.83. The van der Waals surface area contributed by atoms with E-state index in [0.717, 1.165) is 0 Å². The summed E-state index contributed by atoms with van der Waals surface area (Å²) < 4.78 is 27.3. The van der Waals surface area contributed by atoms with Crippen LogP contribution in [-0.2, 0) is 26.2 Å². The lowest BCUT2D eigenvalue weighted by Crippen LogP contribution is -2.52. The fraction of sp³-hybridized carbons (Fsp3) is 0.471. The highest BCUT2D eigenvalue weighted by molar-refractivity contribution is 7.89. The molecule has 2 saturated heterocycles. The van der Waals surface area contributed by atoms with Crippen LogP contribution in [0.4, 0.5) is 0 Å². The molecule has 27 heavy (non-hydrogen) atoms. The van der Waals surface area contributed by atoms with Gasteiger partial charge in [-0.05, 0) is 31.0 Å². The lowest BCUT2D eigenvalue weighted by atomic mass is 10.0. The molecule has 3 aliphatic heterocycles. The highest BCUT2D eigenvalue weighted by Crippen LogP contribution is 2.34. The van der Waals surface area contributed by atoms with Gasteiger partial charge in [0.1, 0.15) is 6.04 Å². The van der Waals surface area contributed by atoms with Crippen molar-refractivity contribution < 1.29 is 22.8 Å². The Labute approximate surface area is 156 Å². The fourth-order valence-electron chi connectivity index (χ4n) is 3.81. The van der Waals surface area contributed by atoms with Crippen molar-refractivity contribution in [2.24, 2.45) is 11.7 Å². The zero-order valence-corrected chi connectivity index (χ0v) is 15.4. The second-order valence-electron chi connectivity index (χ2n) is 7.11. The quantitative estimate of drug-likeness (QED) is 0.634. The van der Waals surface area contributed by atoms with Crippen molar-refractivity contribution >= 4 is 27.7 Å². The van der Waals surface area contributed by atoms with Gasteiger partial charge < -0.3 is 10.6 Å². The number of nitrogens with two attached hydrogens (primary N) is 1. The van der Waals surface area contributed by atoms with E-state index in [9.17, 15) is 22.8 Å². The van der Waals surface area contributed by atoms with Gasteiger partial charge in [-0.15, -0.1) is 0 Å². The summed E-state index contributed by atoms with van der Waals surface area (Å²) in [5, 5.41) is 2.24. The molecule has 0 aliphatic carbocycles. The Kier molecular flexibility index (Phi) is 4.28. The Bertz CT molecular complexity index is 939. The van der Waals surface area contributed by atoms with Crippen LogP contribution in [-0.4, -0.2) is 61.0 Å². The largest absolute Gasteiger partial charge is 0.330 e. The first-order valence-electron chi connectivity index (χ1n) is 8.79. The molecule has 1 aromatic carbocycles. The zero-order chi connectivity index (χ0) is 19.3. The van der Waals surface area contributed by atoms with Crippen molar-refractivity contribution in [2.75, 3.05) is 19.6 Å². The van der Waals surface area contributed by atoms with Crippen molar-refractivity contribution in [3.8, 4) is 0 Å². The molecule has 3 amide bonds. The lowest BCUT2D eigenvalue weighted by Gasteiger charge is -2.37. The van der Waals surface area contributed by atoms with Gasteiger partial charge in [0.15, 0.2) is 0 Å². The number of imide groups is 1. The molecule has 3 aliphatic rings. The van der Waals surface area contributed by atoms with E-state index in [0.29, 0.717) is 25.2 Å². The summed E-state index contributed by atoms with van der Waals surface area (Å²) >= 11 is 0. The third-order valence-electron chi connectivity index (χ3n) is 5.41. The maximum Gasteiger partial charge on any atom is 0.255 e. The predicted molar refractivity (Wildman–Crippen MR) is 93.8 cm³/mol. The van der Waals surface area contributed by atoms with Crippen LogP contribution in [0.3, 0.4) is 0 Å². The number of rotatable bonds is 4. The van der Waals surface area contributed by atoms with Crippen molar-refractivity contribution in [2.45, 2.75) is 30.3 Å². The first kappa shape index (κ1) is 18.1. The number of carbonyl (C=O) groups is 3. The highest BCUT2D eigenvalue weighted by atomic mass is 32.2. The second kappa shape index (κ2) is 6.39. The maximum absolute atomic E-state index is 13.0. The number of nitrogens with one attached hydrogen (secondary N) is 1. The Balaban J connectivity index is 1.64. The number of sulfonamides is 1. The molecule has 0 radical (unpaired) electrons. The van der Waals surface area contributed by atoms with Crippen LogP contribution in [0.5, 0.6) is 0 Å². The topological polar surface area (TPSA) is 130 Å². The van der Waals surface area contributed by atoms with Gasteiger partial charge in [-0.2, -0.15) is 4.31 Å². The number of fused-ring (bicyclic) bond motifs is 1. The Morgan fingerprint density at radius 3 is 2.59 bits per heavy atom. The van der Waals surface area contributed by atoms with E-state index in [1.54, 1.807) is 6.07 Å². The van der Waals surface area contributed by atoms with E-state index in [1.165, 1.54) is 21.3 Å². The van der Waals surface area contributed by atoms with Crippen LogP contribution in [0, 0.1) is 5.92 Å². The Morgan fingerprint density at radius 1 is 1.19 bits per heavy atom. The van der Waals surface area contributed by atoms with Gasteiger partial charge in [0, 0.05) is 37.2 Å². The fourth-order valence-corrected chi connectivity index (χ4v) is 5.63. The normalized spacial score (nSPS) is 24.0. The van der Waals surface area contributed by atoms with Gasteiger partial charge in [-0.1, -0.05) is 6.07 Å². The predicted octanol–water partition coefficient (Wildman–Crippen LogP) is -0.973. The number of carbonyl (C=O) groups excluding carboxylic acids is 3. The van der Waals surface area contributed by atoms with Crippen molar-refractivity contribution in [3.63, 3.8) is 0 Å². The molecule has 144 valence electrons. The third-order valence-corrected chi connectivity index (χ3v) is 7.33. The van der Waals surface area contributed by atoms with E-state index in [1.807, 2.05) is 0 Å². The molecule has 1 unspecified atom stereocenters. The molecule has 9 nitrogen and oxygen atoms in total. The van der Waals surface area contributed by atoms with Gasteiger partial charge in [0.05, 0.1) is 4.90 Å². The summed E-state index contributed by atoms with van der Waals surface area (Å²) in [7, 11) is -3.73. The first-order valence-corrected chi connectivity index (χ1v) is 10.2. The summed E-state index contributed by atoms with van der Waals surface area (Å²) in [5.74, 6) is -1.13. The van der Waals surface area contributed by atoms with E-state index in [-0.39, 0.29) is 47.6 Å². The molecule has 0 bridgehead atoms. The van der Waals surface area contributed by atoms with Crippen molar-refractivity contribution in [1.29, 1.82) is 0 Å².